The number of aryl methyl sites for hydroxylation is 1. The highest BCUT2D eigenvalue weighted by Gasteiger charge is 2.07. The van der Waals surface area contributed by atoms with Crippen molar-refractivity contribution in [1.82, 2.24) is 20.6 Å². The molecule has 8 heteroatoms. The highest BCUT2D eigenvalue weighted by Crippen LogP contribution is 2.10. The fourth-order valence-corrected chi connectivity index (χ4v) is 1.94. The van der Waals surface area contributed by atoms with Gasteiger partial charge in [-0.1, -0.05) is 0 Å². The van der Waals surface area contributed by atoms with Gasteiger partial charge in [0.1, 0.15) is 5.69 Å². The third kappa shape index (κ3) is 2.98. The quantitative estimate of drug-likeness (QED) is 0.668. The molecule has 88 valence electrons. The van der Waals surface area contributed by atoms with Gasteiger partial charge >= 0.3 is 0 Å². The van der Waals surface area contributed by atoms with E-state index < -0.39 is 0 Å². The first-order valence-corrected chi connectivity index (χ1v) is 6.28. The molecule has 0 aromatic carbocycles. The van der Waals surface area contributed by atoms with Crippen LogP contribution in [0.15, 0.2) is 21.2 Å². The molecule has 2 heterocycles. The van der Waals surface area contributed by atoms with Gasteiger partial charge in [0.2, 0.25) is 0 Å². The third-order valence-corrected chi connectivity index (χ3v) is 3.24. The van der Waals surface area contributed by atoms with Crippen molar-refractivity contribution in [2.24, 2.45) is 5.10 Å². The Morgan fingerprint density at radius 3 is 3.12 bits per heavy atom. The summed E-state index contributed by atoms with van der Waals surface area (Å²) in [5, 5.41) is 12.8. The number of aromatic amines is 1. The Hall–Kier alpha value is -1.54. The fraction of sp³-hybridized carbons (Fsp3) is 0.111. The van der Waals surface area contributed by atoms with E-state index in [0.29, 0.717) is 11.4 Å². The molecule has 0 unspecified atom stereocenters. The minimum absolute atomic E-state index is 0.332. The average molecular weight is 314 g/mol. The molecule has 2 aromatic rings. The molecule has 0 saturated heterocycles. The molecule has 0 aliphatic carbocycles. The molecule has 0 bridgehead atoms. The zero-order chi connectivity index (χ0) is 12.3. The Balaban J connectivity index is 1.97. The van der Waals surface area contributed by atoms with Gasteiger partial charge < -0.3 is 0 Å². The Bertz CT molecular complexity index is 561. The fourth-order valence-electron chi connectivity index (χ4n) is 1.05. The van der Waals surface area contributed by atoms with Crippen LogP contribution >= 0.6 is 27.3 Å². The van der Waals surface area contributed by atoms with Crippen molar-refractivity contribution in [2.45, 2.75) is 6.92 Å². The highest BCUT2D eigenvalue weighted by molar-refractivity contribution is 9.10. The van der Waals surface area contributed by atoms with Gasteiger partial charge in [0, 0.05) is 5.38 Å². The Morgan fingerprint density at radius 2 is 2.53 bits per heavy atom. The Morgan fingerprint density at radius 1 is 1.71 bits per heavy atom. The van der Waals surface area contributed by atoms with E-state index in [2.05, 4.69) is 41.6 Å². The van der Waals surface area contributed by atoms with Crippen LogP contribution in [0.3, 0.4) is 0 Å². The van der Waals surface area contributed by atoms with E-state index in [4.69, 9.17) is 0 Å². The number of hydrogen-bond acceptors (Lipinski definition) is 5. The van der Waals surface area contributed by atoms with Crippen LogP contribution in [0.2, 0.25) is 0 Å². The second kappa shape index (κ2) is 5.19. The lowest BCUT2D eigenvalue weighted by atomic mass is 10.5. The topological polar surface area (TPSA) is 83.0 Å². The van der Waals surface area contributed by atoms with Crippen molar-refractivity contribution in [3.63, 3.8) is 0 Å². The second-order valence-electron chi connectivity index (χ2n) is 3.08. The smallest absolute Gasteiger partial charge is 0.276 e. The summed E-state index contributed by atoms with van der Waals surface area (Å²) in [7, 11) is 0. The van der Waals surface area contributed by atoms with Crippen LogP contribution in [0.5, 0.6) is 0 Å². The molecular weight excluding hydrogens is 306 g/mol. The number of halogens is 1. The lowest BCUT2D eigenvalue weighted by Gasteiger charge is -1.94. The first-order chi connectivity index (χ1) is 8.16. The van der Waals surface area contributed by atoms with E-state index in [0.717, 1.165) is 9.48 Å². The summed E-state index contributed by atoms with van der Waals surface area (Å²) in [4.78, 5) is 15.6. The van der Waals surface area contributed by atoms with Gasteiger partial charge in [-0.25, -0.2) is 10.4 Å². The molecule has 2 rings (SSSR count). The predicted octanol–water partition coefficient (Wildman–Crippen LogP) is 1.70. The van der Waals surface area contributed by atoms with Crippen molar-refractivity contribution in [3.05, 3.63) is 32.4 Å². The standard InChI is InChI=1S/C9H8BrN5OS/c1-5-13-8(4-17-5)9(16)15-12-3-7-6(10)2-11-14-7/h2-4H,1H3,(H,11,14)(H,15,16)/b12-3-. The van der Waals surface area contributed by atoms with Crippen molar-refractivity contribution < 1.29 is 4.79 Å². The number of amides is 1. The van der Waals surface area contributed by atoms with Crippen LogP contribution < -0.4 is 5.43 Å². The van der Waals surface area contributed by atoms with Crippen molar-refractivity contribution >= 4 is 39.4 Å². The van der Waals surface area contributed by atoms with Crippen LogP contribution in [0.4, 0.5) is 0 Å². The Labute approximate surface area is 109 Å². The van der Waals surface area contributed by atoms with E-state index >= 15 is 0 Å². The largest absolute Gasteiger partial charge is 0.290 e. The molecule has 0 radical (unpaired) electrons. The summed E-state index contributed by atoms with van der Waals surface area (Å²) in [6, 6.07) is 0. The van der Waals surface area contributed by atoms with E-state index in [1.54, 1.807) is 11.6 Å². The highest BCUT2D eigenvalue weighted by atomic mass is 79.9. The minimum atomic E-state index is -0.332. The van der Waals surface area contributed by atoms with Crippen molar-refractivity contribution in [3.8, 4) is 0 Å². The van der Waals surface area contributed by atoms with E-state index in [1.165, 1.54) is 17.6 Å². The van der Waals surface area contributed by atoms with E-state index in [-0.39, 0.29) is 5.91 Å². The average Bonchev–Trinajstić information content (AvgIpc) is 2.88. The molecule has 0 fully saturated rings. The number of thiazole rings is 1. The summed E-state index contributed by atoms with van der Waals surface area (Å²) < 4.78 is 0.778. The van der Waals surface area contributed by atoms with Crippen molar-refractivity contribution in [2.75, 3.05) is 0 Å². The molecule has 0 saturated carbocycles. The maximum Gasteiger partial charge on any atom is 0.290 e. The maximum absolute atomic E-state index is 11.6. The zero-order valence-corrected chi connectivity index (χ0v) is 11.2. The van der Waals surface area contributed by atoms with E-state index in [9.17, 15) is 4.79 Å². The number of hydrazone groups is 1. The lowest BCUT2D eigenvalue weighted by molar-refractivity contribution is 0.0950. The van der Waals surface area contributed by atoms with Crippen LogP contribution in [-0.2, 0) is 0 Å². The van der Waals surface area contributed by atoms with E-state index in [1.807, 2.05) is 6.92 Å². The number of carbonyl (C=O) groups excluding carboxylic acids is 1. The summed E-state index contributed by atoms with van der Waals surface area (Å²) in [6.07, 6.45) is 3.07. The van der Waals surface area contributed by atoms with Gasteiger partial charge in [-0.15, -0.1) is 11.3 Å². The van der Waals surface area contributed by atoms with Gasteiger partial charge in [-0.3, -0.25) is 9.89 Å². The van der Waals surface area contributed by atoms with Crippen LogP contribution in [0.25, 0.3) is 0 Å². The number of hydrogen-bond donors (Lipinski definition) is 2. The van der Waals surface area contributed by atoms with Gasteiger partial charge in [-0.2, -0.15) is 10.2 Å². The number of H-pyrrole nitrogens is 1. The molecule has 0 aliphatic rings. The number of nitrogens with one attached hydrogen (secondary N) is 2. The molecule has 0 aliphatic heterocycles. The molecule has 6 nitrogen and oxygen atoms in total. The molecule has 1 amide bonds. The summed E-state index contributed by atoms with van der Waals surface area (Å²) in [6.45, 7) is 1.84. The summed E-state index contributed by atoms with van der Waals surface area (Å²) in [5.74, 6) is -0.332. The monoisotopic (exact) mass is 313 g/mol. The SMILES string of the molecule is Cc1nc(C(=O)N/N=C\c2[nH]ncc2Br)cs1. The van der Waals surface area contributed by atoms with Gasteiger partial charge in [0.05, 0.1) is 27.6 Å². The molecule has 2 aromatic heterocycles. The van der Waals surface area contributed by atoms with Crippen LogP contribution in [0, 0.1) is 6.92 Å². The Kier molecular flexibility index (Phi) is 3.64. The van der Waals surface area contributed by atoms with Gasteiger partial charge in [0.15, 0.2) is 0 Å². The summed E-state index contributed by atoms with van der Waals surface area (Å²) in [5.41, 5.74) is 3.43. The van der Waals surface area contributed by atoms with Crippen molar-refractivity contribution in [1.29, 1.82) is 0 Å². The molecule has 2 N–H and O–H groups in total. The number of carbonyl (C=O) groups is 1. The molecule has 17 heavy (non-hydrogen) atoms. The molecular formula is C9H8BrN5OS. The molecule has 0 spiro atoms. The first-order valence-electron chi connectivity index (χ1n) is 4.61. The van der Waals surface area contributed by atoms with Gasteiger partial charge in [0.25, 0.3) is 5.91 Å². The normalized spacial score (nSPS) is 10.9. The number of rotatable bonds is 3. The van der Waals surface area contributed by atoms with Crippen LogP contribution in [0.1, 0.15) is 21.2 Å². The van der Waals surface area contributed by atoms with Gasteiger partial charge in [-0.05, 0) is 22.9 Å². The minimum Gasteiger partial charge on any atom is -0.276 e. The summed E-state index contributed by atoms with van der Waals surface area (Å²) >= 11 is 4.69. The predicted molar refractivity (Wildman–Crippen MR) is 68.2 cm³/mol. The molecule has 0 atom stereocenters. The van der Waals surface area contributed by atoms with Crippen LogP contribution in [-0.4, -0.2) is 27.3 Å². The number of nitrogens with zero attached hydrogens (tertiary/aromatic N) is 3. The number of aromatic nitrogens is 3. The third-order valence-electron chi connectivity index (χ3n) is 1.83. The second-order valence-corrected chi connectivity index (χ2v) is 5.00. The first kappa shape index (κ1) is 11.9. The zero-order valence-electron chi connectivity index (χ0n) is 8.77. The maximum atomic E-state index is 11.6. The lowest BCUT2D eigenvalue weighted by Crippen LogP contribution is -2.18.